The van der Waals surface area contributed by atoms with Crippen molar-refractivity contribution in [3.8, 4) is 0 Å². The number of nitrogens with zero attached hydrogens (tertiary/aromatic N) is 3. The minimum absolute atomic E-state index is 0.246. The van der Waals surface area contributed by atoms with E-state index in [1.54, 1.807) is 16.9 Å². The van der Waals surface area contributed by atoms with E-state index in [1.165, 1.54) is 6.07 Å². The van der Waals surface area contributed by atoms with Crippen LogP contribution in [-0.4, -0.2) is 16.8 Å². The van der Waals surface area contributed by atoms with Crippen LogP contribution in [0.1, 0.15) is 11.1 Å². The molecule has 0 aliphatic carbocycles. The van der Waals surface area contributed by atoms with Gasteiger partial charge in [0.25, 0.3) is 0 Å². The molecule has 18 heavy (non-hydrogen) atoms. The minimum Gasteiger partial charge on any atom is -0.368 e. The summed E-state index contributed by atoms with van der Waals surface area (Å²) in [5.74, 6) is -0.246. The quantitative estimate of drug-likeness (QED) is 0.895. The van der Waals surface area contributed by atoms with Crippen molar-refractivity contribution in [3.05, 3.63) is 47.5 Å². The average Bonchev–Trinajstić information content (AvgIpc) is 2.74. The number of para-hydroxylation sites is 1. The highest BCUT2D eigenvalue weighted by atomic mass is 19.1. The van der Waals surface area contributed by atoms with Crippen LogP contribution in [0.4, 0.5) is 10.1 Å². The van der Waals surface area contributed by atoms with Crippen LogP contribution in [0.25, 0.3) is 0 Å². The van der Waals surface area contributed by atoms with Crippen LogP contribution in [0.15, 0.2) is 30.6 Å². The molecule has 2 N–H and O–H groups in total. The summed E-state index contributed by atoms with van der Waals surface area (Å²) >= 11 is 0. The van der Waals surface area contributed by atoms with Crippen molar-refractivity contribution in [1.82, 2.24) is 9.78 Å². The first-order valence-corrected chi connectivity index (χ1v) is 5.78. The summed E-state index contributed by atoms with van der Waals surface area (Å²) in [5, 5.41) is 4.10. The Kier molecular flexibility index (Phi) is 3.62. The average molecular weight is 248 g/mol. The van der Waals surface area contributed by atoms with Crippen LogP contribution >= 0.6 is 0 Å². The van der Waals surface area contributed by atoms with Crippen molar-refractivity contribution in [2.75, 3.05) is 11.9 Å². The number of hydrogen-bond donors (Lipinski definition) is 1. The number of rotatable bonds is 4. The van der Waals surface area contributed by atoms with Gasteiger partial charge in [0.2, 0.25) is 0 Å². The molecular weight excluding hydrogens is 231 g/mol. The van der Waals surface area contributed by atoms with Gasteiger partial charge in [-0.2, -0.15) is 5.10 Å². The molecule has 4 nitrogen and oxygen atoms in total. The molecule has 2 rings (SSSR count). The third-order valence-electron chi connectivity index (χ3n) is 2.85. The number of aryl methyl sites for hydroxylation is 1. The zero-order valence-electron chi connectivity index (χ0n) is 10.6. The molecule has 1 aromatic carbocycles. The molecule has 0 atom stereocenters. The Morgan fingerprint density at radius 3 is 2.83 bits per heavy atom. The second kappa shape index (κ2) is 5.18. The first kappa shape index (κ1) is 12.6. The molecule has 0 unspecified atom stereocenters. The summed E-state index contributed by atoms with van der Waals surface area (Å²) in [4.78, 5) is 1.86. The van der Waals surface area contributed by atoms with Gasteiger partial charge in [-0.25, -0.2) is 4.39 Å². The van der Waals surface area contributed by atoms with E-state index in [4.69, 9.17) is 5.73 Å². The predicted octanol–water partition coefficient (Wildman–Crippen LogP) is 1.65. The smallest absolute Gasteiger partial charge is 0.146 e. The lowest BCUT2D eigenvalue weighted by molar-refractivity contribution is 0.619. The molecular formula is C13H17FN4. The summed E-state index contributed by atoms with van der Waals surface area (Å²) in [6.45, 7) is 0.923. The highest BCUT2D eigenvalue weighted by molar-refractivity contribution is 5.54. The molecule has 0 saturated heterocycles. The summed E-state index contributed by atoms with van der Waals surface area (Å²) in [6, 6.07) is 4.98. The topological polar surface area (TPSA) is 47.1 Å². The number of aromatic nitrogens is 2. The maximum Gasteiger partial charge on any atom is 0.146 e. The fourth-order valence-electron chi connectivity index (χ4n) is 2.06. The minimum atomic E-state index is -0.246. The molecule has 1 aromatic heterocycles. The van der Waals surface area contributed by atoms with E-state index in [-0.39, 0.29) is 5.82 Å². The monoisotopic (exact) mass is 248 g/mol. The summed E-state index contributed by atoms with van der Waals surface area (Å²) < 4.78 is 15.6. The maximum atomic E-state index is 13.9. The van der Waals surface area contributed by atoms with Crippen molar-refractivity contribution in [1.29, 1.82) is 0 Å². The van der Waals surface area contributed by atoms with Gasteiger partial charge in [-0.15, -0.1) is 0 Å². The highest BCUT2D eigenvalue weighted by Crippen LogP contribution is 2.24. The number of hydrogen-bond acceptors (Lipinski definition) is 3. The van der Waals surface area contributed by atoms with Gasteiger partial charge in [-0.1, -0.05) is 12.1 Å². The van der Waals surface area contributed by atoms with E-state index in [2.05, 4.69) is 5.10 Å². The van der Waals surface area contributed by atoms with Crippen molar-refractivity contribution >= 4 is 5.69 Å². The van der Waals surface area contributed by atoms with Gasteiger partial charge in [0.05, 0.1) is 11.9 Å². The van der Waals surface area contributed by atoms with Gasteiger partial charge < -0.3 is 10.6 Å². The van der Waals surface area contributed by atoms with E-state index < -0.39 is 0 Å². The first-order chi connectivity index (χ1) is 8.61. The molecule has 0 fully saturated rings. The van der Waals surface area contributed by atoms with Gasteiger partial charge in [0, 0.05) is 38.9 Å². The predicted molar refractivity (Wildman–Crippen MR) is 69.6 cm³/mol. The van der Waals surface area contributed by atoms with Crippen LogP contribution in [0.3, 0.4) is 0 Å². The molecule has 1 heterocycles. The molecule has 96 valence electrons. The molecule has 0 saturated carbocycles. The van der Waals surface area contributed by atoms with Crippen molar-refractivity contribution in [2.24, 2.45) is 12.8 Å². The Morgan fingerprint density at radius 2 is 2.22 bits per heavy atom. The van der Waals surface area contributed by atoms with Gasteiger partial charge in [0.15, 0.2) is 0 Å². The van der Waals surface area contributed by atoms with Gasteiger partial charge in [-0.05, 0) is 11.6 Å². The zero-order valence-corrected chi connectivity index (χ0v) is 10.6. The normalized spacial score (nSPS) is 10.7. The Labute approximate surface area is 106 Å². The number of halogens is 1. The molecule has 0 amide bonds. The van der Waals surface area contributed by atoms with Crippen LogP contribution in [0.2, 0.25) is 0 Å². The lowest BCUT2D eigenvalue weighted by atomic mass is 10.1. The van der Waals surface area contributed by atoms with E-state index >= 15 is 0 Å². The maximum absolute atomic E-state index is 13.9. The summed E-state index contributed by atoms with van der Waals surface area (Å²) in [6.07, 6.45) is 3.69. The Balaban J connectivity index is 2.25. The van der Waals surface area contributed by atoms with Crippen molar-refractivity contribution < 1.29 is 4.39 Å². The van der Waals surface area contributed by atoms with Crippen LogP contribution in [-0.2, 0) is 20.1 Å². The third-order valence-corrected chi connectivity index (χ3v) is 2.85. The molecule has 0 aliphatic rings. The largest absolute Gasteiger partial charge is 0.368 e. The SMILES string of the molecule is CN(Cc1cnn(C)c1)c1c(F)cccc1CN. The third kappa shape index (κ3) is 2.51. The zero-order chi connectivity index (χ0) is 13.1. The molecule has 5 heteroatoms. The van der Waals surface area contributed by atoms with Gasteiger partial charge in [-0.3, -0.25) is 4.68 Å². The molecule has 0 bridgehead atoms. The summed E-state index contributed by atoms with van der Waals surface area (Å²) in [5.41, 5.74) is 8.04. The fraction of sp³-hybridized carbons (Fsp3) is 0.308. The lowest BCUT2D eigenvalue weighted by Crippen LogP contribution is -2.20. The summed E-state index contributed by atoms with van der Waals surface area (Å²) in [7, 11) is 3.71. The Morgan fingerprint density at radius 1 is 1.44 bits per heavy atom. The van der Waals surface area contributed by atoms with E-state index in [0.29, 0.717) is 18.8 Å². The van der Waals surface area contributed by atoms with Crippen molar-refractivity contribution in [2.45, 2.75) is 13.1 Å². The van der Waals surface area contributed by atoms with E-state index in [0.717, 1.165) is 11.1 Å². The molecule has 2 aromatic rings. The van der Waals surface area contributed by atoms with E-state index in [9.17, 15) is 4.39 Å². The Hall–Kier alpha value is -1.88. The number of nitrogens with two attached hydrogens (primary N) is 1. The molecule has 0 spiro atoms. The second-order valence-corrected chi connectivity index (χ2v) is 4.33. The van der Waals surface area contributed by atoms with Crippen LogP contribution in [0.5, 0.6) is 0 Å². The van der Waals surface area contributed by atoms with Crippen LogP contribution < -0.4 is 10.6 Å². The molecule has 0 aliphatic heterocycles. The number of benzene rings is 1. The first-order valence-electron chi connectivity index (χ1n) is 5.78. The second-order valence-electron chi connectivity index (χ2n) is 4.33. The Bertz CT molecular complexity index is 536. The molecule has 0 radical (unpaired) electrons. The van der Waals surface area contributed by atoms with E-state index in [1.807, 2.05) is 31.3 Å². The highest BCUT2D eigenvalue weighted by Gasteiger charge is 2.12. The van der Waals surface area contributed by atoms with Crippen molar-refractivity contribution in [3.63, 3.8) is 0 Å². The number of anilines is 1. The standard InChI is InChI=1S/C13H17FN4/c1-17(8-10-7-16-18(2)9-10)13-11(6-15)4-3-5-12(13)14/h3-5,7,9H,6,8,15H2,1-2H3. The fourth-order valence-corrected chi connectivity index (χ4v) is 2.06. The van der Waals surface area contributed by atoms with Crippen LogP contribution in [0, 0.1) is 5.82 Å². The van der Waals surface area contributed by atoms with Gasteiger partial charge >= 0.3 is 0 Å². The van der Waals surface area contributed by atoms with Gasteiger partial charge in [0.1, 0.15) is 5.82 Å². The lowest BCUT2D eigenvalue weighted by Gasteiger charge is -2.22.